The molecular weight excluding hydrogens is 290 g/mol. The smallest absolute Gasteiger partial charge is 0.242 e. The molecular formula is C18H27N3O2. The van der Waals surface area contributed by atoms with Crippen molar-refractivity contribution < 1.29 is 9.59 Å². The Morgan fingerprint density at radius 3 is 2.43 bits per heavy atom. The van der Waals surface area contributed by atoms with Crippen LogP contribution in [0.25, 0.3) is 0 Å². The van der Waals surface area contributed by atoms with E-state index >= 15 is 0 Å². The molecule has 1 aliphatic rings. The van der Waals surface area contributed by atoms with Crippen LogP contribution in [0.15, 0.2) is 18.2 Å². The fourth-order valence-electron chi connectivity index (χ4n) is 3.28. The van der Waals surface area contributed by atoms with Gasteiger partial charge in [-0.3, -0.25) is 9.59 Å². The Balaban J connectivity index is 2.06. The van der Waals surface area contributed by atoms with Gasteiger partial charge in [-0.2, -0.15) is 0 Å². The number of carbonyl (C=O) groups excluding carboxylic acids is 2. The number of nitrogens with one attached hydrogen (secondary N) is 2. The minimum absolute atomic E-state index is 0.111. The summed E-state index contributed by atoms with van der Waals surface area (Å²) in [7, 11) is 0. The fourth-order valence-corrected chi connectivity index (χ4v) is 3.28. The van der Waals surface area contributed by atoms with Crippen LogP contribution in [0.3, 0.4) is 0 Å². The van der Waals surface area contributed by atoms with Gasteiger partial charge in [0, 0.05) is 19.0 Å². The zero-order chi connectivity index (χ0) is 17.0. The lowest BCUT2D eigenvalue weighted by Gasteiger charge is -2.39. The lowest BCUT2D eigenvalue weighted by atomic mass is 9.97. The molecule has 0 bridgehead atoms. The van der Waals surface area contributed by atoms with Crippen molar-refractivity contribution in [3.8, 4) is 0 Å². The molecule has 1 fully saturated rings. The normalized spacial score (nSPS) is 21.0. The molecule has 2 rings (SSSR count). The molecule has 23 heavy (non-hydrogen) atoms. The maximum atomic E-state index is 12.6. The zero-order valence-corrected chi connectivity index (χ0v) is 14.5. The van der Waals surface area contributed by atoms with Gasteiger partial charge in [0.05, 0.1) is 17.9 Å². The largest absolute Gasteiger partial charge is 0.374 e. The van der Waals surface area contributed by atoms with Crippen LogP contribution >= 0.6 is 0 Å². The molecule has 0 unspecified atom stereocenters. The number of anilines is 2. The maximum absolute atomic E-state index is 12.6. The van der Waals surface area contributed by atoms with Crippen molar-refractivity contribution in [2.24, 2.45) is 0 Å². The van der Waals surface area contributed by atoms with E-state index in [4.69, 9.17) is 0 Å². The van der Waals surface area contributed by atoms with Crippen LogP contribution in [0.1, 0.15) is 45.6 Å². The molecule has 1 aromatic carbocycles. The van der Waals surface area contributed by atoms with Gasteiger partial charge in [0.2, 0.25) is 11.8 Å². The molecule has 1 aliphatic heterocycles. The number of likely N-dealkylation sites (tertiary alicyclic amines) is 1. The van der Waals surface area contributed by atoms with Gasteiger partial charge in [-0.05, 0) is 57.7 Å². The molecule has 2 amide bonds. The molecule has 0 aromatic heterocycles. The quantitative estimate of drug-likeness (QED) is 0.897. The summed E-state index contributed by atoms with van der Waals surface area (Å²) < 4.78 is 0. The van der Waals surface area contributed by atoms with E-state index in [0.29, 0.717) is 17.8 Å². The molecule has 0 aliphatic carbocycles. The van der Waals surface area contributed by atoms with E-state index < -0.39 is 0 Å². The Labute approximate surface area is 138 Å². The summed E-state index contributed by atoms with van der Waals surface area (Å²) in [6.07, 6.45) is 3.32. The average molecular weight is 317 g/mol. The standard InChI is InChI=1S/C18H27N3O2/c1-12-8-9-16(20-15(4)22)17(10-12)19-11-18(23)21-13(2)6-5-7-14(21)3/h8-10,13-14,19H,5-7,11H2,1-4H3,(H,20,22)/t13-,14-/m1/s1. The summed E-state index contributed by atoms with van der Waals surface area (Å²) in [4.78, 5) is 25.9. The Hall–Kier alpha value is -2.04. The second-order valence-corrected chi connectivity index (χ2v) is 6.51. The summed E-state index contributed by atoms with van der Waals surface area (Å²) in [5, 5.41) is 5.99. The topological polar surface area (TPSA) is 61.4 Å². The number of hydrogen-bond acceptors (Lipinski definition) is 3. The van der Waals surface area contributed by atoms with Gasteiger partial charge in [-0.25, -0.2) is 0 Å². The van der Waals surface area contributed by atoms with E-state index in [1.165, 1.54) is 13.3 Å². The molecule has 1 saturated heterocycles. The van der Waals surface area contributed by atoms with Gasteiger partial charge in [0.15, 0.2) is 0 Å². The van der Waals surface area contributed by atoms with Crippen LogP contribution in [0.4, 0.5) is 11.4 Å². The zero-order valence-electron chi connectivity index (χ0n) is 14.5. The third kappa shape index (κ3) is 4.47. The number of benzene rings is 1. The van der Waals surface area contributed by atoms with Crippen molar-refractivity contribution in [3.63, 3.8) is 0 Å². The average Bonchev–Trinajstić information content (AvgIpc) is 2.47. The molecule has 0 spiro atoms. The lowest BCUT2D eigenvalue weighted by molar-refractivity contribution is -0.135. The van der Waals surface area contributed by atoms with E-state index in [1.54, 1.807) is 0 Å². The number of rotatable bonds is 4. The first kappa shape index (κ1) is 17.3. The van der Waals surface area contributed by atoms with Gasteiger partial charge in [-0.1, -0.05) is 6.07 Å². The third-order valence-corrected chi connectivity index (χ3v) is 4.40. The number of aryl methyl sites for hydroxylation is 1. The van der Waals surface area contributed by atoms with Crippen LogP contribution in [-0.2, 0) is 9.59 Å². The molecule has 126 valence electrons. The highest BCUT2D eigenvalue weighted by atomic mass is 16.2. The summed E-state index contributed by atoms with van der Waals surface area (Å²) in [6.45, 7) is 7.93. The van der Waals surface area contributed by atoms with Crippen LogP contribution in [-0.4, -0.2) is 35.3 Å². The van der Waals surface area contributed by atoms with Crippen molar-refractivity contribution in [3.05, 3.63) is 23.8 Å². The highest BCUT2D eigenvalue weighted by Crippen LogP contribution is 2.25. The number of nitrogens with zero attached hydrogens (tertiary/aromatic N) is 1. The molecule has 5 nitrogen and oxygen atoms in total. The fraction of sp³-hybridized carbons (Fsp3) is 0.556. The first-order chi connectivity index (χ1) is 10.9. The van der Waals surface area contributed by atoms with Crippen molar-refractivity contribution >= 4 is 23.2 Å². The Morgan fingerprint density at radius 1 is 1.17 bits per heavy atom. The number of piperidine rings is 1. The molecule has 1 heterocycles. The number of carbonyl (C=O) groups is 2. The minimum Gasteiger partial charge on any atom is -0.374 e. The molecule has 0 radical (unpaired) electrons. The highest BCUT2D eigenvalue weighted by molar-refractivity contribution is 5.93. The van der Waals surface area contributed by atoms with Crippen LogP contribution in [0, 0.1) is 6.92 Å². The van der Waals surface area contributed by atoms with Crippen molar-refractivity contribution in [2.45, 2.75) is 59.0 Å². The van der Waals surface area contributed by atoms with E-state index in [2.05, 4.69) is 24.5 Å². The Bertz CT molecular complexity index is 576. The van der Waals surface area contributed by atoms with Gasteiger partial charge in [0.1, 0.15) is 0 Å². The summed E-state index contributed by atoms with van der Waals surface area (Å²) >= 11 is 0. The SMILES string of the molecule is CC(=O)Nc1ccc(C)cc1NCC(=O)N1[C@H](C)CCC[C@H]1C. The van der Waals surface area contributed by atoms with E-state index in [0.717, 1.165) is 24.1 Å². The first-order valence-electron chi connectivity index (χ1n) is 8.31. The van der Waals surface area contributed by atoms with Crippen molar-refractivity contribution in [2.75, 3.05) is 17.2 Å². The predicted octanol–water partition coefficient (Wildman–Crippen LogP) is 3.15. The maximum Gasteiger partial charge on any atom is 0.242 e. The highest BCUT2D eigenvalue weighted by Gasteiger charge is 2.28. The van der Waals surface area contributed by atoms with E-state index in [-0.39, 0.29) is 18.4 Å². The van der Waals surface area contributed by atoms with Gasteiger partial charge in [0.25, 0.3) is 0 Å². The second-order valence-electron chi connectivity index (χ2n) is 6.51. The third-order valence-electron chi connectivity index (χ3n) is 4.40. The summed E-state index contributed by atoms with van der Waals surface area (Å²) in [5.41, 5.74) is 2.57. The van der Waals surface area contributed by atoms with Crippen LogP contribution < -0.4 is 10.6 Å². The van der Waals surface area contributed by atoms with Crippen LogP contribution in [0.2, 0.25) is 0 Å². The molecule has 0 saturated carbocycles. The van der Waals surface area contributed by atoms with Gasteiger partial charge in [-0.15, -0.1) is 0 Å². The molecule has 2 atom stereocenters. The molecule has 2 N–H and O–H groups in total. The van der Waals surface area contributed by atoms with E-state index in [9.17, 15) is 9.59 Å². The lowest BCUT2D eigenvalue weighted by Crippen LogP contribution is -2.49. The number of amides is 2. The van der Waals surface area contributed by atoms with Crippen LogP contribution in [0.5, 0.6) is 0 Å². The Morgan fingerprint density at radius 2 is 1.83 bits per heavy atom. The monoisotopic (exact) mass is 317 g/mol. The minimum atomic E-state index is -0.124. The predicted molar refractivity (Wildman–Crippen MR) is 93.6 cm³/mol. The molecule has 1 aromatic rings. The summed E-state index contributed by atoms with van der Waals surface area (Å²) in [6, 6.07) is 6.32. The van der Waals surface area contributed by atoms with Gasteiger partial charge >= 0.3 is 0 Å². The Kier molecular flexibility index (Phi) is 5.64. The molecule has 5 heteroatoms. The van der Waals surface area contributed by atoms with Gasteiger partial charge < -0.3 is 15.5 Å². The number of hydrogen-bond donors (Lipinski definition) is 2. The van der Waals surface area contributed by atoms with Crippen molar-refractivity contribution in [1.29, 1.82) is 0 Å². The second kappa shape index (κ2) is 7.49. The first-order valence-corrected chi connectivity index (χ1v) is 8.31. The van der Waals surface area contributed by atoms with Crippen molar-refractivity contribution in [1.82, 2.24) is 4.90 Å². The summed E-state index contributed by atoms with van der Waals surface area (Å²) in [5.74, 6) is -0.0125. The van der Waals surface area contributed by atoms with E-state index in [1.807, 2.05) is 30.0 Å².